The number of aryl methyl sites for hydroxylation is 1. The number of hydrogen-bond acceptors (Lipinski definition) is 8. The Morgan fingerprint density at radius 3 is 2.46 bits per heavy atom. The fourth-order valence-corrected chi connectivity index (χ4v) is 8.89. The third-order valence-corrected chi connectivity index (χ3v) is 11.3. The van der Waals surface area contributed by atoms with Crippen molar-refractivity contribution >= 4 is 28.7 Å². The van der Waals surface area contributed by atoms with Crippen LogP contribution in [0.1, 0.15) is 67.1 Å². The third-order valence-electron chi connectivity index (χ3n) is 11.3. The number of nitrogens with one attached hydrogen (secondary N) is 1. The highest BCUT2D eigenvalue weighted by molar-refractivity contribution is 6.01. The minimum atomic E-state index is -5.00. The number of aliphatic carboxylic acids is 1. The molecule has 280 valence electrons. The number of carboxylic acid groups (broad SMARTS) is 1. The molecule has 8 rings (SSSR count). The van der Waals surface area contributed by atoms with Gasteiger partial charge in [0.2, 0.25) is 5.95 Å². The molecule has 4 aromatic heterocycles. The number of piperidine rings is 1. The molecule has 2 N–H and O–H groups in total. The predicted octanol–water partition coefficient (Wildman–Crippen LogP) is 7.26. The monoisotopic (exact) mass is 739 g/mol. The van der Waals surface area contributed by atoms with Gasteiger partial charge >= 0.3 is 12.1 Å². The Bertz CT molecular complexity index is 2220. The van der Waals surface area contributed by atoms with Crippen LogP contribution in [0, 0.1) is 24.7 Å². The van der Waals surface area contributed by atoms with Gasteiger partial charge in [-0.3, -0.25) is 4.79 Å². The Balaban J connectivity index is 1.13. The van der Waals surface area contributed by atoms with E-state index in [9.17, 15) is 27.9 Å². The van der Waals surface area contributed by atoms with Crippen LogP contribution in [-0.4, -0.2) is 66.2 Å². The molecule has 5 heterocycles. The number of amides is 1. The minimum Gasteiger partial charge on any atom is -0.490 e. The number of hydrogen-bond donors (Lipinski definition) is 2. The molecule has 0 radical (unpaired) electrons. The van der Waals surface area contributed by atoms with Gasteiger partial charge in [-0.25, -0.2) is 24.7 Å². The van der Waals surface area contributed by atoms with Crippen molar-refractivity contribution in [3.63, 3.8) is 0 Å². The number of fused-ring (bicyclic) bond motifs is 3. The lowest BCUT2D eigenvalue weighted by Crippen LogP contribution is -2.57. The average Bonchev–Trinajstić information content (AvgIpc) is 3.65. The molecule has 54 heavy (non-hydrogen) atoms. The summed E-state index contributed by atoms with van der Waals surface area (Å²) in [6.07, 6.45) is 5.44. The van der Waals surface area contributed by atoms with Gasteiger partial charge < -0.3 is 24.6 Å². The Hall–Kier alpha value is -5.53. The van der Waals surface area contributed by atoms with Crippen LogP contribution in [0.15, 0.2) is 73.3 Å². The molecule has 5 aromatic rings. The van der Waals surface area contributed by atoms with Crippen LogP contribution in [0.4, 0.5) is 19.1 Å². The first kappa shape index (κ1) is 35.5. The zero-order chi connectivity index (χ0) is 37.8. The van der Waals surface area contributed by atoms with E-state index in [2.05, 4.69) is 30.2 Å². The molecule has 1 saturated heterocycles. The van der Waals surface area contributed by atoms with E-state index in [1.54, 1.807) is 49.1 Å². The topological polar surface area (TPSA) is 135 Å². The number of alkyl halides is 3. The van der Waals surface area contributed by atoms with E-state index in [0.29, 0.717) is 46.8 Å². The number of carboxylic acids is 1. The lowest BCUT2D eigenvalue weighted by Gasteiger charge is -2.33. The molecular weight excluding hydrogens is 699 g/mol. The van der Waals surface area contributed by atoms with Crippen LogP contribution in [-0.2, 0) is 11.0 Å². The van der Waals surface area contributed by atoms with E-state index in [1.165, 1.54) is 6.07 Å². The number of ether oxygens (including phenoxy) is 1. The highest BCUT2D eigenvalue weighted by Gasteiger charge is 2.56. The molecule has 14 heteroatoms. The molecule has 1 aromatic carbocycles. The van der Waals surface area contributed by atoms with Crippen LogP contribution < -0.4 is 15.0 Å². The van der Waals surface area contributed by atoms with Crippen molar-refractivity contribution in [3.05, 3.63) is 90.1 Å². The zero-order valence-electron chi connectivity index (χ0n) is 29.9. The number of anilines is 1. The van der Waals surface area contributed by atoms with Crippen molar-refractivity contribution < 1.29 is 32.6 Å². The van der Waals surface area contributed by atoms with Crippen LogP contribution >= 0.6 is 0 Å². The van der Waals surface area contributed by atoms with Gasteiger partial charge in [0.05, 0.1) is 16.8 Å². The van der Waals surface area contributed by atoms with E-state index in [0.717, 1.165) is 44.0 Å². The first-order valence-corrected chi connectivity index (χ1v) is 18.3. The van der Waals surface area contributed by atoms with Crippen LogP contribution in [0.5, 0.6) is 5.75 Å². The molecule has 0 spiro atoms. The molecule has 4 atom stereocenters. The van der Waals surface area contributed by atoms with E-state index >= 15 is 0 Å². The second-order valence-corrected chi connectivity index (χ2v) is 15.0. The zero-order valence-corrected chi connectivity index (χ0v) is 29.9. The molecule has 1 aliphatic heterocycles. The second kappa shape index (κ2) is 13.7. The number of benzene rings is 1. The Morgan fingerprint density at radius 2 is 1.74 bits per heavy atom. The van der Waals surface area contributed by atoms with Crippen molar-refractivity contribution in [2.75, 3.05) is 18.0 Å². The Kier molecular flexibility index (Phi) is 9.01. The number of nitrogens with zero attached hydrogens (tertiary/aromatic N) is 6. The number of halogens is 3. The summed E-state index contributed by atoms with van der Waals surface area (Å²) >= 11 is 0. The van der Waals surface area contributed by atoms with Crippen LogP contribution in [0.25, 0.3) is 28.0 Å². The quantitative estimate of drug-likeness (QED) is 0.169. The standard InChI is InChI=1S/C40H40F3N7O4/c1-23-17-25-19-26(18-23)39(21-25,37(52)53)48-36(51)30-8-9-32(47-34(30)40(41,42)43)31-22-50(35-24(2)5-3-12-44-35)33-20-28(6-7-29(31)33)54-27-10-15-49(16-11-27)38-45-13-4-14-46-38/h3-9,12-14,20,22-23,25-27H,10-11,15-19,21H2,1-2H3,(H,48,51)(H,52,53). The summed E-state index contributed by atoms with van der Waals surface area (Å²) in [4.78, 5) is 45.8. The molecule has 4 unspecified atom stereocenters. The maximum atomic E-state index is 14.8. The van der Waals surface area contributed by atoms with Crippen molar-refractivity contribution in [2.24, 2.45) is 17.8 Å². The van der Waals surface area contributed by atoms with Crippen molar-refractivity contribution in [3.8, 4) is 22.8 Å². The van der Waals surface area contributed by atoms with E-state index < -0.39 is 34.8 Å². The normalized spacial score (nSPS) is 23.1. The number of carbonyl (C=O) groups is 2. The average molecular weight is 740 g/mol. The summed E-state index contributed by atoms with van der Waals surface area (Å²) < 4.78 is 52.6. The lowest BCUT2D eigenvalue weighted by molar-refractivity contribution is -0.146. The van der Waals surface area contributed by atoms with Gasteiger partial charge in [-0.05, 0) is 92.3 Å². The van der Waals surface area contributed by atoms with Crippen molar-refractivity contribution in [1.82, 2.24) is 29.8 Å². The number of rotatable bonds is 8. The van der Waals surface area contributed by atoms with Crippen LogP contribution in [0.3, 0.4) is 0 Å². The number of carbonyl (C=O) groups excluding carboxylic acids is 1. The fraction of sp³-hybridized carbons (Fsp3) is 0.400. The summed E-state index contributed by atoms with van der Waals surface area (Å²) in [5, 5.41) is 13.5. The molecule has 2 saturated carbocycles. The second-order valence-electron chi connectivity index (χ2n) is 15.0. The summed E-state index contributed by atoms with van der Waals surface area (Å²) in [5.74, 6) is -0.448. The number of aromatic nitrogens is 5. The lowest BCUT2D eigenvalue weighted by atomic mass is 9.78. The molecular formula is C40H40F3N7O4. The highest BCUT2D eigenvalue weighted by Crippen LogP contribution is 2.51. The number of pyridine rings is 2. The first-order chi connectivity index (χ1) is 25.9. The Labute approximate surface area is 309 Å². The molecule has 2 bridgehead atoms. The van der Waals surface area contributed by atoms with Crippen LogP contribution in [0.2, 0.25) is 0 Å². The van der Waals surface area contributed by atoms with Crippen molar-refractivity contribution in [2.45, 2.75) is 70.2 Å². The van der Waals surface area contributed by atoms with Gasteiger partial charge in [-0.1, -0.05) is 13.0 Å². The summed E-state index contributed by atoms with van der Waals surface area (Å²) in [7, 11) is 0. The smallest absolute Gasteiger partial charge is 0.434 e. The molecule has 2 aliphatic carbocycles. The van der Waals surface area contributed by atoms with Gasteiger partial charge in [0.25, 0.3) is 5.91 Å². The van der Waals surface area contributed by atoms with Gasteiger partial charge in [0.1, 0.15) is 23.2 Å². The minimum absolute atomic E-state index is 0.00104. The molecule has 3 aliphatic rings. The maximum absolute atomic E-state index is 14.8. The SMILES string of the molecule is Cc1cccnc1-n1cc(-c2ccc(C(=O)NC3(C(=O)O)CC4CC(C)CC3C4)c(C(F)(F)F)n2)c2ccc(OC3CCN(c4ncccn4)CC3)cc21. The Morgan fingerprint density at radius 1 is 0.981 bits per heavy atom. The van der Waals surface area contributed by atoms with Gasteiger partial charge in [-0.15, -0.1) is 0 Å². The predicted molar refractivity (Wildman–Crippen MR) is 194 cm³/mol. The van der Waals surface area contributed by atoms with Gasteiger partial charge in [-0.2, -0.15) is 13.2 Å². The van der Waals surface area contributed by atoms with Gasteiger partial charge in [0.15, 0.2) is 5.69 Å². The van der Waals surface area contributed by atoms with E-state index in [4.69, 9.17) is 4.74 Å². The van der Waals surface area contributed by atoms with Gasteiger partial charge in [0, 0.05) is 67.7 Å². The molecule has 3 fully saturated rings. The highest BCUT2D eigenvalue weighted by atomic mass is 19.4. The van der Waals surface area contributed by atoms with E-state index in [1.807, 2.05) is 30.5 Å². The summed E-state index contributed by atoms with van der Waals surface area (Å²) in [6.45, 7) is 5.39. The maximum Gasteiger partial charge on any atom is 0.434 e. The summed E-state index contributed by atoms with van der Waals surface area (Å²) in [5.41, 5.74) is -1.83. The summed E-state index contributed by atoms with van der Waals surface area (Å²) in [6, 6.07) is 13.4. The molecule has 1 amide bonds. The fourth-order valence-electron chi connectivity index (χ4n) is 8.89. The van der Waals surface area contributed by atoms with E-state index in [-0.39, 0.29) is 36.0 Å². The molecule has 11 nitrogen and oxygen atoms in total. The third kappa shape index (κ3) is 6.51. The van der Waals surface area contributed by atoms with Crippen molar-refractivity contribution in [1.29, 1.82) is 0 Å². The largest absolute Gasteiger partial charge is 0.490 e. The first-order valence-electron chi connectivity index (χ1n) is 18.3.